The largest absolute Gasteiger partial charge is 0.492 e. The molecule has 1 saturated heterocycles. The molecule has 1 aliphatic rings. The van der Waals surface area contributed by atoms with Gasteiger partial charge in [-0.15, -0.1) is 0 Å². The van der Waals surface area contributed by atoms with Gasteiger partial charge >= 0.3 is 5.97 Å². The summed E-state index contributed by atoms with van der Waals surface area (Å²) in [6.07, 6.45) is -0.0766. The van der Waals surface area contributed by atoms with Gasteiger partial charge in [-0.2, -0.15) is 0 Å². The molecule has 6 heteroatoms. The number of ether oxygens (including phenoxy) is 3. The highest BCUT2D eigenvalue weighted by atomic mass is 19.1. The zero-order chi connectivity index (χ0) is 15.9. The Kier molecular flexibility index (Phi) is 6.15. The fraction of sp³-hybridized carbons (Fsp3) is 0.562. The van der Waals surface area contributed by atoms with Crippen molar-refractivity contribution in [3.63, 3.8) is 0 Å². The van der Waals surface area contributed by atoms with Gasteiger partial charge in [-0.3, -0.25) is 9.69 Å². The van der Waals surface area contributed by atoms with E-state index in [9.17, 15) is 9.18 Å². The third-order valence-corrected chi connectivity index (χ3v) is 3.75. The lowest BCUT2D eigenvalue weighted by atomic mass is 10.1. The minimum absolute atomic E-state index is 0.0766. The molecule has 22 heavy (non-hydrogen) atoms. The van der Waals surface area contributed by atoms with Crippen LogP contribution in [0.3, 0.4) is 0 Å². The monoisotopic (exact) mass is 311 g/mol. The number of rotatable bonds is 6. The van der Waals surface area contributed by atoms with E-state index in [4.69, 9.17) is 9.47 Å². The van der Waals surface area contributed by atoms with Gasteiger partial charge in [0.25, 0.3) is 0 Å². The molecule has 1 atom stereocenters. The minimum Gasteiger partial charge on any atom is -0.492 e. The first-order chi connectivity index (χ1) is 10.6. The number of nitrogens with zero attached hydrogens (tertiary/aromatic N) is 1. The Hall–Kier alpha value is -1.66. The molecule has 5 nitrogen and oxygen atoms in total. The Labute approximate surface area is 130 Å². The Balaban J connectivity index is 1.87. The summed E-state index contributed by atoms with van der Waals surface area (Å²) < 4.78 is 29.4. The van der Waals surface area contributed by atoms with Gasteiger partial charge in [0.1, 0.15) is 18.2 Å². The number of esters is 1. The third kappa shape index (κ3) is 4.68. The van der Waals surface area contributed by atoms with E-state index in [-0.39, 0.29) is 12.5 Å². The van der Waals surface area contributed by atoms with Gasteiger partial charge in [-0.25, -0.2) is 4.39 Å². The molecule has 1 heterocycles. The average Bonchev–Trinajstić information content (AvgIpc) is 2.55. The van der Waals surface area contributed by atoms with Crippen LogP contribution in [0, 0.1) is 5.82 Å². The van der Waals surface area contributed by atoms with E-state index < -0.39 is 11.8 Å². The highest BCUT2D eigenvalue weighted by molar-refractivity contribution is 5.72. The van der Waals surface area contributed by atoms with Gasteiger partial charge in [0.15, 0.2) is 0 Å². The first-order valence-corrected chi connectivity index (χ1v) is 7.40. The molecule has 2 rings (SSSR count). The van der Waals surface area contributed by atoms with Crippen molar-refractivity contribution in [2.75, 3.05) is 40.0 Å². The number of morpholine rings is 1. The molecule has 0 saturated carbocycles. The summed E-state index contributed by atoms with van der Waals surface area (Å²) in [5.41, 5.74) is 0.306. The van der Waals surface area contributed by atoms with Crippen LogP contribution in [0.2, 0.25) is 0 Å². The number of halogens is 1. The molecule has 0 aromatic heterocycles. The van der Waals surface area contributed by atoms with E-state index in [1.54, 1.807) is 12.1 Å². The summed E-state index contributed by atoms with van der Waals surface area (Å²) in [5.74, 6) is -0.457. The van der Waals surface area contributed by atoms with Gasteiger partial charge < -0.3 is 14.2 Å². The second kappa shape index (κ2) is 8.10. The van der Waals surface area contributed by atoms with Crippen molar-refractivity contribution in [3.05, 3.63) is 29.6 Å². The van der Waals surface area contributed by atoms with Crippen LogP contribution in [0.4, 0.5) is 4.39 Å². The van der Waals surface area contributed by atoms with Crippen LogP contribution in [-0.4, -0.2) is 56.9 Å². The van der Waals surface area contributed by atoms with Crippen molar-refractivity contribution in [3.8, 4) is 5.75 Å². The fourth-order valence-electron chi connectivity index (χ4n) is 2.33. The standard InChI is InChI=1S/C16H22FNO4/c1-12(18-5-7-21-8-6-18)11-22-14-4-3-13(15(17)10-14)9-16(19)20-2/h3-4,10,12H,5-9,11H2,1-2H3. The molecule has 1 unspecified atom stereocenters. The van der Waals surface area contributed by atoms with E-state index >= 15 is 0 Å². The van der Waals surface area contributed by atoms with Gasteiger partial charge in [-0.1, -0.05) is 6.07 Å². The quantitative estimate of drug-likeness (QED) is 0.748. The predicted molar refractivity (Wildman–Crippen MR) is 79.5 cm³/mol. The summed E-state index contributed by atoms with van der Waals surface area (Å²) >= 11 is 0. The molecule has 1 aromatic rings. The van der Waals surface area contributed by atoms with Crippen LogP contribution < -0.4 is 4.74 Å². The Morgan fingerprint density at radius 2 is 2.14 bits per heavy atom. The van der Waals surface area contributed by atoms with Crippen LogP contribution in [0.1, 0.15) is 12.5 Å². The summed E-state index contributed by atoms with van der Waals surface area (Å²) in [6.45, 7) is 5.80. The molecule has 0 bridgehead atoms. The highest BCUT2D eigenvalue weighted by Gasteiger charge is 2.17. The summed E-state index contributed by atoms with van der Waals surface area (Å²) in [5, 5.41) is 0. The SMILES string of the molecule is COC(=O)Cc1ccc(OCC(C)N2CCOCC2)cc1F. The minimum atomic E-state index is -0.464. The molecule has 1 fully saturated rings. The predicted octanol–water partition coefficient (Wildman–Crippen LogP) is 1.64. The second-order valence-electron chi connectivity index (χ2n) is 5.31. The lowest BCUT2D eigenvalue weighted by Gasteiger charge is -2.32. The Morgan fingerprint density at radius 3 is 2.77 bits per heavy atom. The van der Waals surface area contributed by atoms with Crippen LogP contribution in [0.15, 0.2) is 18.2 Å². The number of carbonyl (C=O) groups is 1. The molecule has 122 valence electrons. The zero-order valence-corrected chi connectivity index (χ0v) is 13.0. The summed E-state index contributed by atoms with van der Waals surface area (Å²) in [4.78, 5) is 13.5. The van der Waals surface area contributed by atoms with E-state index in [1.807, 2.05) is 0 Å². The number of methoxy groups -OCH3 is 1. The zero-order valence-electron chi connectivity index (χ0n) is 13.0. The van der Waals surface area contributed by atoms with E-state index in [0.29, 0.717) is 17.9 Å². The van der Waals surface area contributed by atoms with E-state index in [2.05, 4.69) is 16.6 Å². The second-order valence-corrected chi connectivity index (χ2v) is 5.31. The smallest absolute Gasteiger partial charge is 0.310 e. The summed E-state index contributed by atoms with van der Waals surface area (Å²) in [6, 6.07) is 4.78. The molecular formula is C16H22FNO4. The average molecular weight is 311 g/mol. The third-order valence-electron chi connectivity index (χ3n) is 3.75. The molecule has 0 spiro atoms. The van der Waals surface area contributed by atoms with E-state index in [0.717, 1.165) is 26.3 Å². The first kappa shape index (κ1) is 16.7. The lowest BCUT2D eigenvalue weighted by molar-refractivity contribution is -0.139. The van der Waals surface area contributed by atoms with Crippen molar-refractivity contribution in [1.29, 1.82) is 0 Å². The van der Waals surface area contributed by atoms with Crippen molar-refractivity contribution >= 4 is 5.97 Å². The highest BCUT2D eigenvalue weighted by Crippen LogP contribution is 2.18. The maximum atomic E-state index is 13.9. The van der Waals surface area contributed by atoms with Crippen LogP contribution in [0.5, 0.6) is 5.75 Å². The van der Waals surface area contributed by atoms with Crippen molar-refractivity contribution in [2.45, 2.75) is 19.4 Å². The number of benzene rings is 1. The summed E-state index contributed by atoms with van der Waals surface area (Å²) in [7, 11) is 1.28. The van der Waals surface area contributed by atoms with Crippen LogP contribution in [-0.2, 0) is 20.7 Å². The molecule has 0 radical (unpaired) electrons. The molecule has 0 aliphatic carbocycles. The van der Waals surface area contributed by atoms with Gasteiger partial charge in [0.2, 0.25) is 0 Å². The normalized spacial score (nSPS) is 17.0. The number of hydrogen-bond acceptors (Lipinski definition) is 5. The maximum absolute atomic E-state index is 13.9. The maximum Gasteiger partial charge on any atom is 0.310 e. The number of hydrogen-bond donors (Lipinski definition) is 0. The van der Waals surface area contributed by atoms with Gasteiger partial charge in [0, 0.05) is 25.2 Å². The van der Waals surface area contributed by atoms with Gasteiger partial charge in [-0.05, 0) is 18.6 Å². The Bertz CT molecular complexity index is 503. The van der Waals surface area contributed by atoms with Crippen molar-refractivity contribution in [1.82, 2.24) is 4.90 Å². The first-order valence-electron chi connectivity index (χ1n) is 7.40. The fourth-order valence-corrected chi connectivity index (χ4v) is 2.33. The topological polar surface area (TPSA) is 48.0 Å². The van der Waals surface area contributed by atoms with Crippen molar-refractivity contribution < 1.29 is 23.4 Å². The molecule has 0 amide bonds. The lowest BCUT2D eigenvalue weighted by Crippen LogP contribution is -2.44. The molecule has 0 N–H and O–H groups in total. The molecule has 1 aromatic carbocycles. The van der Waals surface area contributed by atoms with Crippen molar-refractivity contribution in [2.24, 2.45) is 0 Å². The Morgan fingerprint density at radius 1 is 1.41 bits per heavy atom. The van der Waals surface area contributed by atoms with E-state index in [1.165, 1.54) is 13.2 Å². The molecular weight excluding hydrogens is 289 g/mol. The van der Waals surface area contributed by atoms with Gasteiger partial charge in [0.05, 0.1) is 26.7 Å². The molecule has 1 aliphatic heterocycles. The van der Waals surface area contributed by atoms with Crippen LogP contribution >= 0.6 is 0 Å². The number of carbonyl (C=O) groups excluding carboxylic acids is 1. The van der Waals surface area contributed by atoms with Crippen LogP contribution in [0.25, 0.3) is 0 Å².